The monoisotopic (exact) mass is 264 g/mol. The standard InChI is InChI=1S/C14H20N2O3/c1-3-6-19-13-8-10(4-5-12(13)18-2)7-11-9-15-14(17)16-11/h4-5,8,11H,3,6-7,9H2,1-2H3,(H2,15,16,17). The van der Waals surface area contributed by atoms with Gasteiger partial charge in [0.1, 0.15) is 0 Å². The van der Waals surface area contributed by atoms with Crippen molar-refractivity contribution in [2.24, 2.45) is 0 Å². The van der Waals surface area contributed by atoms with Crippen LogP contribution in [0.3, 0.4) is 0 Å². The fourth-order valence-electron chi connectivity index (χ4n) is 2.08. The molecule has 1 heterocycles. The maximum Gasteiger partial charge on any atom is 0.315 e. The molecule has 1 aromatic rings. The number of amides is 2. The minimum atomic E-state index is -0.0963. The van der Waals surface area contributed by atoms with Crippen LogP contribution in [0, 0.1) is 0 Å². The number of methoxy groups -OCH3 is 1. The Labute approximate surface area is 113 Å². The second kappa shape index (κ2) is 6.31. The number of nitrogens with one attached hydrogen (secondary N) is 2. The molecule has 1 aliphatic rings. The summed E-state index contributed by atoms with van der Waals surface area (Å²) in [6.07, 6.45) is 1.74. The average molecular weight is 264 g/mol. The number of carbonyl (C=O) groups is 1. The molecule has 1 unspecified atom stereocenters. The number of hydrogen-bond acceptors (Lipinski definition) is 3. The van der Waals surface area contributed by atoms with Gasteiger partial charge < -0.3 is 20.1 Å². The van der Waals surface area contributed by atoms with E-state index in [1.165, 1.54) is 0 Å². The highest BCUT2D eigenvalue weighted by atomic mass is 16.5. The molecule has 0 aromatic heterocycles. The summed E-state index contributed by atoms with van der Waals surface area (Å²) in [6, 6.07) is 5.94. The van der Waals surface area contributed by atoms with Gasteiger partial charge in [0, 0.05) is 6.54 Å². The summed E-state index contributed by atoms with van der Waals surface area (Å²) in [5.41, 5.74) is 1.13. The number of urea groups is 1. The first-order valence-corrected chi connectivity index (χ1v) is 6.57. The van der Waals surface area contributed by atoms with Crippen molar-refractivity contribution in [3.05, 3.63) is 23.8 Å². The van der Waals surface area contributed by atoms with Gasteiger partial charge in [-0.3, -0.25) is 0 Å². The first kappa shape index (κ1) is 13.5. The summed E-state index contributed by atoms with van der Waals surface area (Å²) in [6.45, 7) is 3.40. The summed E-state index contributed by atoms with van der Waals surface area (Å²) in [5.74, 6) is 1.50. The Balaban J connectivity index is 2.06. The van der Waals surface area contributed by atoms with Crippen LogP contribution in [0.4, 0.5) is 4.79 Å². The Hall–Kier alpha value is -1.91. The Kier molecular flexibility index (Phi) is 4.49. The van der Waals surface area contributed by atoms with E-state index in [1.54, 1.807) is 7.11 Å². The van der Waals surface area contributed by atoms with Gasteiger partial charge in [-0.15, -0.1) is 0 Å². The van der Waals surface area contributed by atoms with Gasteiger partial charge in [0.2, 0.25) is 0 Å². The molecule has 5 nitrogen and oxygen atoms in total. The first-order chi connectivity index (χ1) is 9.22. The molecule has 2 N–H and O–H groups in total. The molecule has 2 rings (SSSR count). The van der Waals surface area contributed by atoms with Gasteiger partial charge in [0.25, 0.3) is 0 Å². The maximum absolute atomic E-state index is 11.1. The Morgan fingerprint density at radius 1 is 1.37 bits per heavy atom. The lowest BCUT2D eigenvalue weighted by Crippen LogP contribution is -2.28. The van der Waals surface area contributed by atoms with E-state index >= 15 is 0 Å². The summed E-state index contributed by atoms with van der Waals surface area (Å²) < 4.78 is 11.0. The predicted molar refractivity (Wildman–Crippen MR) is 72.8 cm³/mol. The van der Waals surface area contributed by atoms with Crippen LogP contribution in [0.25, 0.3) is 0 Å². The van der Waals surface area contributed by atoms with Gasteiger partial charge in [-0.1, -0.05) is 13.0 Å². The van der Waals surface area contributed by atoms with Gasteiger partial charge >= 0.3 is 6.03 Å². The molecule has 0 spiro atoms. The first-order valence-electron chi connectivity index (χ1n) is 6.57. The molecule has 2 amide bonds. The Bertz CT molecular complexity index is 448. The molecule has 104 valence electrons. The fourth-order valence-corrected chi connectivity index (χ4v) is 2.08. The van der Waals surface area contributed by atoms with Crippen LogP contribution in [0.15, 0.2) is 18.2 Å². The van der Waals surface area contributed by atoms with Crippen molar-refractivity contribution in [1.29, 1.82) is 0 Å². The molecule has 0 aliphatic carbocycles. The zero-order valence-corrected chi connectivity index (χ0v) is 11.4. The van der Waals surface area contributed by atoms with Crippen LogP contribution in [0.2, 0.25) is 0 Å². The molecular weight excluding hydrogens is 244 g/mol. The zero-order valence-electron chi connectivity index (χ0n) is 11.4. The molecule has 0 bridgehead atoms. The van der Waals surface area contributed by atoms with E-state index in [9.17, 15) is 4.79 Å². The van der Waals surface area contributed by atoms with Crippen LogP contribution in [0.1, 0.15) is 18.9 Å². The second-order valence-corrected chi connectivity index (χ2v) is 4.59. The molecule has 0 radical (unpaired) electrons. The van der Waals surface area contributed by atoms with Gasteiger partial charge in [-0.25, -0.2) is 4.79 Å². The fraction of sp³-hybridized carbons (Fsp3) is 0.500. The second-order valence-electron chi connectivity index (χ2n) is 4.59. The molecule has 19 heavy (non-hydrogen) atoms. The van der Waals surface area contributed by atoms with Crippen molar-refractivity contribution in [3.8, 4) is 11.5 Å². The van der Waals surface area contributed by atoms with E-state index in [2.05, 4.69) is 17.6 Å². The maximum atomic E-state index is 11.1. The average Bonchev–Trinajstić information content (AvgIpc) is 2.82. The van der Waals surface area contributed by atoms with Crippen LogP contribution in [0.5, 0.6) is 11.5 Å². The predicted octanol–water partition coefficient (Wildman–Crippen LogP) is 1.71. The number of benzene rings is 1. The van der Waals surface area contributed by atoms with E-state index in [-0.39, 0.29) is 12.1 Å². The number of hydrogen-bond donors (Lipinski definition) is 2. The lowest BCUT2D eigenvalue weighted by molar-refractivity contribution is 0.247. The van der Waals surface area contributed by atoms with E-state index < -0.39 is 0 Å². The molecule has 1 fully saturated rings. The van der Waals surface area contributed by atoms with Crippen LogP contribution >= 0.6 is 0 Å². The highest BCUT2D eigenvalue weighted by Crippen LogP contribution is 2.28. The quantitative estimate of drug-likeness (QED) is 0.822. The van der Waals surface area contributed by atoms with Crippen molar-refractivity contribution in [2.45, 2.75) is 25.8 Å². The third kappa shape index (κ3) is 3.53. The molecular formula is C14H20N2O3. The molecule has 1 atom stereocenters. The Morgan fingerprint density at radius 2 is 2.21 bits per heavy atom. The van der Waals surface area contributed by atoms with Crippen LogP contribution < -0.4 is 20.1 Å². The van der Waals surface area contributed by atoms with Crippen molar-refractivity contribution in [1.82, 2.24) is 10.6 Å². The van der Waals surface area contributed by atoms with Crippen molar-refractivity contribution in [2.75, 3.05) is 20.3 Å². The summed E-state index contributed by atoms with van der Waals surface area (Å²) in [5, 5.41) is 5.63. The minimum Gasteiger partial charge on any atom is -0.493 e. The van der Waals surface area contributed by atoms with Crippen molar-refractivity contribution in [3.63, 3.8) is 0 Å². The molecule has 1 aromatic carbocycles. The highest BCUT2D eigenvalue weighted by Gasteiger charge is 2.20. The minimum absolute atomic E-state index is 0.0963. The number of rotatable bonds is 6. The van der Waals surface area contributed by atoms with Gasteiger partial charge in [-0.05, 0) is 30.5 Å². The van der Waals surface area contributed by atoms with Gasteiger partial charge in [0.05, 0.1) is 19.8 Å². The highest BCUT2D eigenvalue weighted by molar-refractivity contribution is 5.76. The van der Waals surface area contributed by atoms with Crippen LogP contribution in [-0.2, 0) is 6.42 Å². The van der Waals surface area contributed by atoms with Crippen molar-refractivity contribution < 1.29 is 14.3 Å². The molecule has 1 aliphatic heterocycles. The lowest BCUT2D eigenvalue weighted by Gasteiger charge is -2.13. The number of carbonyl (C=O) groups excluding carboxylic acids is 1. The van der Waals surface area contributed by atoms with Crippen molar-refractivity contribution >= 4 is 6.03 Å². The zero-order chi connectivity index (χ0) is 13.7. The third-order valence-corrected chi connectivity index (χ3v) is 3.02. The van der Waals surface area contributed by atoms with Gasteiger partial charge in [-0.2, -0.15) is 0 Å². The third-order valence-electron chi connectivity index (χ3n) is 3.02. The normalized spacial score (nSPS) is 17.8. The lowest BCUT2D eigenvalue weighted by atomic mass is 10.1. The topological polar surface area (TPSA) is 59.6 Å². The Morgan fingerprint density at radius 3 is 2.84 bits per heavy atom. The van der Waals surface area contributed by atoms with Gasteiger partial charge in [0.15, 0.2) is 11.5 Å². The van der Waals surface area contributed by atoms with E-state index in [0.29, 0.717) is 13.2 Å². The summed E-state index contributed by atoms with van der Waals surface area (Å²) in [7, 11) is 1.63. The smallest absolute Gasteiger partial charge is 0.315 e. The van der Waals surface area contributed by atoms with E-state index in [1.807, 2.05) is 18.2 Å². The SMILES string of the molecule is CCCOc1cc(CC2CNC(=O)N2)ccc1OC. The van der Waals surface area contributed by atoms with E-state index in [4.69, 9.17) is 9.47 Å². The molecule has 0 saturated carbocycles. The van der Waals surface area contributed by atoms with E-state index in [0.717, 1.165) is 29.9 Å². The van der Waals surface area contributed by atoms with Crippen LogP contribution in [-0.4, -0.2) is 32.3 Å². The molecule has 1 saturated heterocycles. The number of ether oxygens (including phenoxy) is 2. The largest absolute Gasteiger partial charge is 0.493 e. The summed E-state index contributed by atoms with van der Waals surface area (Å²) >= 11 is 0. The molecule has 5 heteroatoms. The summed E-state index contributed by atoms with van der Waals surface area (Å²) in [4.78, 5) is 11.1.